The van der Waals surface area contributed by atoms with E-state index in [1.165, 1.54) is 0 Å². The minimum atomic E-state index is 0.281. The van der Waals surface area contributed by atoms with Crippen LogP contribution in [0.2, 0.25) is 0 Å². The molecule has 118 valence electrons. The molecule has 1 aliphatic rings. The van der Waals surface area contributed by atoms with Gasteiger partial charge < -0.3 is 14.9 Å². The van der Waals surface area contributed by atoms with Crippen molar-refractivity contribution in [1.29, 1.82) is 0 Å². The maximum absolute atomic E-state index is 8.93. The average molecular weight is 292 g/mol. The molecule has 0 spiro atoms. The van der Waals surface area contributed by atoms with Crippen LogP contribution in [0.1, 0.15) is 37.7 Å². The molecule has 0 aliphatic carbocycles. The Labute approximate surface area is 128 Å². The van der Waals surface area contributed by atoms with E-state index in [4.69, 9.17) is 5.11 Å². The summed E-state index contributed by atoms with van der Waals surface area (Å²) in [4.78, 5) is 13.8. The fourth-order valence-corrected chi connectivity index (χ4v) is 2.99. The van der Waals surface area contributed by atoms with Gasteiger partial charge in [-0.05, 0) is 39.7 Å². The van der Waals surface area contributed by atoms with Crippen molar-refractivity contribution in [3.05, 3.63) is 17.6 Å². The lowest BCUT2D eigenvalue weighted by Crippen LogP contribution is -2.44. The zero-order valence-corrected chi connectivity index (χ0v) is 13.5. The van der Waals surface area contributed by atoms with Crippen LogP contribution < -0.4 is 4.90 Å². The quantitative estimate of drug-likeness (QED) is 0.863. The second-order valence-electron chi connectivity index (χ2n) is 5.89. The lowest BCUT2D eigenvalue weighted by Gasteiger charge is -2.37. The molecule has 0 aromatic carbocycles. The molecule has 5 nitrogen and oxygen atoms in total. The molecule has 5 heteroatoms. The number of aromatic nitrogens is 2. The minimum Gasteiger partial charge on any atom is -0.396 e. The van der Waals surface area contributed by atoms with Crippen molar-refractivity contribution >= 4 is 5.82 Å². The summed E-state index contributed by atoms with van der Waals surface area (Å²) in [6.45, 7) is 7.46. The van der Waals surface area contributed by atoms with Crippen LogP contribution in [-0.2, 0) is 6.42 Å². The molecule has 2 heterocycles. The molecule has 2 rings (SSSR count). The van der Waals surface area contributed by atoms with E-state index in [2.05, 4.69) is 39.8 Å². The van der Waals surface area contributed by atoms with E-state index in [0.717, 1.165) is 62.7 Å². The van der Waals surface area contributed by atoms with Crippen molar-refractivity contribution in [1.82, 2.24) is 14.9 Å². The van der Waals surface area contributed by atoms with Gasteiger partial charge >= 0.3 is 0 Å². The average Bonchev–Trinajstić information content (AvgIpc) is 2.52. The summed E-state index contributed by atoms with van der Waals surface area (Å²) in [5.41, 5.74) is 1.12. The number of nitrogens with zero attached hydrogens (tertiary/aromatic N) is 4. The molecule has 1 saturated heterocycles. The molecule has 0 radical (unpaired) electrons. The van der Waals surface area contributed by atoms with Gasteiger partial charge in [-0.2, -0.15) is 0 Å². The molecule has 21 heavy (non-hydrogen) atoms. The highest BCUT2D eigenvalue weighted by Crippen LogP contribution is 2.21. The molecule has 0 atom stereocenters. The van der Waals surface area contributed by atoms with E-state index in [1.807, 2.05) is 6.92 Å². The predicted octanol–water partition coefficient (Wildman–Crippen LogP) is 1.63. The molecule has 0 bridgehead atoms. The summed E-state index contributed by atoms with van der Waals surface area (Å²) >= 11 is 0. The molecule has 1 aromatic rings. The van der Waals surface area contributed by atoms with Crippen molar-refractivity contribution in [2.75, 3.05) is 38.2 Å². The van der Waals surface area contributed by atoms with Crippen LogP contribution in [0.15, 0.2) is 6.07 Å². The monoisotopic (exact) mass is 292 g/mol. The zero-order valence-electron chi connectivity index (χ0n) is 13.5. The van der Waals surface area contributed by atoms with Gasteiger partial charge in [0.05, 0.1) is 0 Å². The minimum absolute atomic E-state index is 0.281. The molecule has 0 saturated carbocycles. The number of aryl methyl sites for hydroxylation is 2. The Balaban J connectivity index is 1.93. The normalized spacial score (nSPS) is 16.7. The summed E-state index contributed by atoms with van der Waals surface area (Å²) in [5, 5.41) is 8.93. The van der Waals surface area contributed by atoms with Crippen LogP contribution in [0.3, 0.4) is 0 Å². The van der Waals surface area contributed by atoms with E-state index in [-0.39, 0.29) is 6.61 Å². The summed E-state index contributed by atoms with van der Waals surface area (Å²) in [6, 6.07) is 2.75. The summed E-state index contributed by atoms with van der Waals surface area (Å²) in [6.07, 6.45) is 4.14. The number of aliphatic hydroxyl groups is 1. The molecule has 1 aliphatic heterocycles. The fraction of sp³-hybridized carbons (Fsp3) is 0.750. The second-order valence-corrected chi connectivity index (χ2v) is 5.89. The lowest BCUT2D eigenvalue weighted by atomic mass is 10.0. The Hall–Kier alpha value is -1.20. The van der Waals surface area contributed by atoms with Crippen LogP contribution in [0.5, 0.6) is 0 Å². The van der Waals surface area contributed by atoms with Gasteiger partial charge in [0.15, 0.2) is 0 Å². The Bertz CT molecular complexity index is 444. The lowest BCUT2D eigenvalue weighted by molar-refractivity contribution is 0.184. The Kier molecular flexibility index (Phi) is 5.94. The smallest absolute Gasteiger partial charge is 0.132 e. The van der Waals surface area contributed by atoms with Gasteiger partial charge in [0.25, 0.3) is 0 Å². The molecule has 0 amide bonds. The van der Waals surface area contributed by atoms with Crippen LogP contribution in [0, 0.1) is 6.92 Å². The first kappa shape index (κ1) is 16.2. The number of piperidine rings is 1. The molecular formula is C16H28N4O. The summed E-state index contributed by atoms with van der Waals surface area (Å²) in [5.74, 6) is 1.95. The Morgan fingerprint density at radius 3 is 2.67 bits per heavy atom. The SMILES string of the molecule is CCc1cc(N2CCC(N(C)CCCO)CC2)nc(C)n1. The molecule has 1 aromatic heterocycles. The van der Waals surface area contributed by atoms with E-state index in [9.17, 15) is 0 Å². The van der Waals surface area contributed by atoms with Gasteiger partial charge in [0.2, 0.25) is 0 Å². The Morgan fingerprint density at radius 2 is 2.05 bits per heavy atom. The van der Waals surface area contributed by atoms with Gasteiger partial charge in [-0.15, -0.1) is 0 Å². The van der Waals surface area contributed by atoms with Gasteiger partial charge in [-0.25, -0.2) is 9.97 Å². The van der Waals surface area contributed by atoms with Gasteiger partial charge in [-0.3, -0.25) is 0 Å². The third-order valence-corrected chi connectivity index (χ3v) is 4.32. The molecular weight excluding hydrogens is 264 g/mol. The van der Waals surface area contributed by atoms with Crippen molar-refractivity contribution in [3.8, 4) is 0 Å². The van der Waals surface area contributed by atoms with E-state index < -0.39 is 0 Å². The van der Waals surface area contributed by atoms with Gasteiger partial charge in [0.1, 0.15) is 11.6 Å². The first-order valence-corrected chi connectivity index (χ1v) is 8.04. The van der Waals surface area contributed by atoms with E-state index in [0.29, 0.717) is 6.04 Å². The highest BCUT2D eigenvalue weighted by atomic mass is 16.3. The van der Waals surface area contributed by atoms with Crippen LogP contribution in [0.25, 0.3) is 0 Å². The summed E-state index contributed by atoms with van der Waals surface area (Å²) in [7, 11) is 2.17. The van der Waals surface area contributed by atoms with Gasteiger partial charge in [0, 0.05) is 44.0 Å². The third kappa shape index (κ3) is 4.38. The maximum Gasteiger partial charge on any atom is 0.132 e. The number of hydrogen-bond donors (Lipinski definition) is 1. The van der Waals surface area contributed by atoms with Crippen LogP contribution >= 0.6 is 0 Å². The highest BCUT2D eigenvalue weighted by molar-refractivity contribution is 5.40. The first-order chi connectivity index (χ1) is 10.1. The number of anilines is 1. The second kappa shape index (κ2) is 7.71. The first-order valence-electron chi connectivity index (χ1n) is 8.04. The standard InChI is InChI=1S/C16H28N4O/c1-4-14-12-16(18-13(2)17-14)20-9-6-15(7-10-20)19(3)8-5-11-21/h12,15,21H,4-11H2,1-3H3. The van der Waals surface area contributed by atoms with Crippen molar-refractivity contribution in [2.45, 2.75) is 45.6 Å². The number of aliphatic hydroxyl groups excluding tert-OH is 1. The molecule has 1 fully saturated rings. The third-order valence-electron chi connectivity index (χ3n) is 4.32. The van der Waals surface area contributed by atoms with Crippen LogP contribution in [-0.4, -0.2) is 59.3 Å². The topological polar surface area (TPSA) is 52.5 Å². The number of hydrogen-bond acceptors (Lipinski definition) is 5. The zero-order chi connectivity index (χ0) is 15.2. The van der Waals surface area contributed by atoms with Crippen molar-refractivity contribution < 1.29 is 5.11 Å². The predicted molar refractivity (Wildman–Crippen MR) is 85.7 cm³/mol. The largest absolute Gasteiger partial charge is 0.396 e. The molecule has 1 N–H and O–H groups in total. The van der Waals surface area contributed by atoms with E-state index in [1.54, 1.807) is 0 Å². The van der Waals surface area contributed by atoms with E-state index >= 15 is 0 Å². The Morgan fingerprint density at radius 1 is 1.33 bits per heavy atom. The maximum atomic E-state index is 8.93. The highest BCUT2D eigenvalue weighted by Gasteiger charge is 2.23. The summed E-state index contributed by atoms with van der Waals surface area (Å²) < 4.78 is 0. The number of rotatable bonds is 6. The van der Waals surface area contributed by atoms with Crippen molar-refractivity contribution in [3.63, 3.8) is 0 Å². The van der Waals surface area contributed by atoms with Crippen LogP contribution in [0.4, 0.5) is 5.82 Å². The van der Waals surface area contributed by atoms with Gasteiger partial charge in [-0.1, -0.05) is 6.92 Å². The molecule has 0 unspecified atom stereocenters. The fourth-order valence-electron chi connectivity index (χ4n) is 2.99. The van der Waals surface area contributed by atoms with Crippen molar-refractivity contribution in [2.24, 2.45) is 0 Å².